The van der Waals surface area contributed by atoms with Crippen molar-refractivity contribution in [1.29, 1.82) is 0 Å². The lowest BCUT2D eigenvalue weighted by atomic mass is 10.2. The van der Waals surface area contributed by atoms with Crippen molar-refractivity contribution in [2.75, 3.05) is 11.9 Å². The second kappa shape index (κ2) is 7.82. The number of rotatable bonds is 5. The van der Waals surface area contributed by atoms with E-state index < -0.39 is 5.97 Å². The van der Waals surface area contributed by atoms with Crippen LogP contribution in [0, 0.1) is 13.8 Å². The standard InChI is InChI=1S/C19H20BrN3O3S/c1-5-13-8-14(19(25)26-6-2)18(27-13)22-17(24)15-11(4)21-16-10(3)7-12(20)9-23(15)16/h7-9H,5-6H2,1-4H3,(H,22,24). The molecule has 0 saturated carbocycles. The van der Waals surface area contributed by atoms with E-state index in [9.17, 15) is 9.59 Å². The molecule has 0 aliphatic heterocycles. The molecule has 0 spiro atoms. The highest BCUT2D eigenvalue weighted by Crippen LogP contribution is 2.30. The third kappa shape index (κ3) is 3.77. The monoisotopic (exact) mass is 449 g/mol. The number of ether oxygens (including phenoxy) is 1. The van der Waals surface area contributed by atoms with E-state index in [1.165, 1.54) is 11.3 Å². The van der Waals surface area contributed by atoms with Crippen molar-refractivity contribution in [3.05, 3.63) is 50.2 Å². The largest absolute Gasteiger partial charge is 0.462 e. The summed E-state index contributed by atoms with van der Waals surface area (Å²) >= 11 is 4.85. The number of fused-ring (bicyclic) bond motifs is 1. The second-order valence-electron chi connectivity index (χ2n) is 6.06. The van der Waals surface area contributed by atoms with E-state index in [4.69, 9.17) is 4.74 Å². The Balaban J connectivity index is 2.02. The van der Waals surface area contributed by atoms with Crippen molar-refractivity contribution in [3.63, 3.8) is 0 Å². The molecule has 3 aromatic heterocycles. The SMILES string of the molecule is CCOC(=O)c1cc(CC)sc1NC(=O)c1c(C)nc2c(C)cc(Br)cn12. The number of aromatic nitrogens is 2. The first-order valence-corrected chi connectivity index (χ1v) is 10.2. The number of nitrogens with zero attached hydrogens (tertiary/aromatic N) is 2. The molecule has 6 nitrogen and oxygen atoms in total. The zero-order valence-corrected chi connectivity index (χ0v) is 18.0. The molecule has 0 aromatic carbocycles. The Hall–Kier alpha value is -2.19. The van der Waals surface area contributed by atoms with E-state index in [-0.39, 0.29) is 12.5 Å². The van der Waals surface area contributed by atoms with Crippen LogP contribution in [0.2, 0.25) is 0 Å². The fourth-order valence-corrected chi connectivity index (χ4v) is 4.41. The molecule has 142 valence electrons. The van der Waals surface area contributed by atoms with Crippen molar-refractivity contribution in [3.8, 4) is 0 Å². The summed E-state index contributed by atoms with van der Waals surface area (Å²) in [5.74, 6) is -0.746. The van der Waals surface area contributed by atoms with E-state index in [0.717, 1.165) is 27.0 Å². The lowest BCUT2D eigenvalue weighted by molar-refractivity contribution is 0.0528. The smallest absolute Gasteiger partial charge is 0.341 e. The highest BCUT2D eigenvalue weighted by Gasteiger charge is 2.23. The molecule has 1 N–H and O–H groups in total. The maximum Gasteiger partial charge on any atom is 0.341 e. The quantitative estimate of drug-likeness (QED) is 0.569. The minimum atomic E-state index is -0.433. The van der Waals surface area contributed by atoms with Gasteiger partial charge in [0.05, 0.1) is 17.9 Å². The number of hydrogen-bond acceptors (Lipinski definition) is 5. The normalized spacial score (nSPS) is 11.0. The number of carbonyl (C=O) groups is 2. The number of thiophene rings is 1. The Kier molecular flexibility index (Phi) is 5.67. The van der Waals surface area contributed by atoms with Crippen LogP contribution in [-0.2, 0) is 11.2 Å². The van der Waals surface area contributed by atoms with Gasteiger partial charge < -0.3 is 10.1 Å². The molecule has 0 atom stereocenters. The summed E-state index contributed by atoms with van der Waals surface area (Å²) in [5, 5.41) is 3.38. The van der Waals surface area contributed by atoms with Gasteiger partial charge in [-0.05, 0) is 60.8 Å². The van der Waals surface area contributed by atoms with E-state index in [1.54, 1.807) is 24.3 Å². The molecule has 27 heavy (non-hydrogen) atoms. The fraction of sp³-hybridized carbons (Fsp3) is 0.316. The van der Waals surface area contributed by atoms with Gasteiger partial charge in [0.25, 0.3) is 5.91 Å². The number of amides is 1. The molecule has 0 fully saturated rings. The van der Waals surface area contributed by atoms with Gasteiger partial charge in [0.2, 0.25) is 0 Å². The van der Waals surface area contributed by atoms with Crippen LogP contribution in [-0.4, -0.2) is 27.9 Å². The molecule has 3 rings (SSSR count). The Bertz CT molecular complexity index is 1040. The minimum absolute atomic E-state index is 0.281. The van der Waals surface area contributed by atoms with Gasteiger partial charge in [-0.3, -0.25) is 9.20 Å². The van der Waals surface area contributed by atoms with Gasteiger partial charge in [0.15, 0.2) is 0 Å². The number of pyridine rings is 1. The zero-order valence-electron chi connectivity index (χ0n) is 15.6. The third-order valence-corrected chi connectivity index (χ3v) is 5.74. The van der Waals surface area contributed by atoms with Crippen LogP contribution in [0.4, 0.5) is 5.00 Å². The molecule has 0 radical (unpaired) electrons. The van der Waals surface area contributed by atoms with E-state index in [1.807, 2.05) is 26.1 Å². The summed E-state index contributed by atoms with van der Waals surface area (Å²) in [6.07, 6.45) is 2.59. The number of carbonyl (C=O) groups excluding carboxylic acids is 2. The van der Waals surface area contributed by atoms with E-state index in [2.05, 4.69) is 26.2 Å². The molecule has 0 aliphatic carbocycles. The summed E-state index contributed by atoms with van der Waals surface area (Å²) in [6, 6.07) is 3.73. The molecule has 0 bridgehead atoms. The van der Waals surface area contributed by atoms with Crippen molar-refractivity contribution < 1.29 is 14.3 Å². The number of aryl methyl sites for hydroxylation is 3. The summed E-state index contributed by atoms with van der Waals surface area (Å²) in [7, 11) is 0. The average Bonchev–Trinajstić information content (AvgIpc) is 3.15. The first-order chi connectivity index (χ1) is 12.8. The molecule has 3 heterocycles. The predicted molar refractivity (Wildman–Crippen MR) is 110 cm³/mol. The maximum atomic E-state index is 13.0. The fourth-order valence-electron chi connectivity index (χ4n) is 2.89. The summed E-state index contributed by atoms with van der Waals surface area (Å²) in [4.78, 5) is 30.8. The van der Waals surface area contributed by atoms with Crippen molar-refractivity contribution in [2.24, 2.45) is 0 Å². The Morgan fingerprint density at radius 3 is 2.70 bits per heavy atom. The molecule has 0 saturated heterocycles. The first-order valence-electron chi connectivity index (χ1n) is 8.61. The number of nitrogens with one attached hydrogen (secondary N) is 1. The summed E-state index contributed by atoms with van der Waals surface area (Å²) in [5.41, 5.74) is 3.14. The number of imidazole rings is 1. The predicted octanol–water partition coefficient (Wildman–Crippen LogP) is 4.77. The summed E-state index contributed by atoms with van der Waals surface area (Å²) in [6.45, 7) is 7.78. The van der Waals surface area contributed by atoms with Crippen LogP contribution in [0.1, 0.15) is 50.8 Å². The van der Waals surface area contributed by atoms with E-state index in [0.29, 0.717) is 22.0 Å². The van der Waals surface area contributed by atoms with Crippen LogP contribution in [0.15, 0.2) is 22.8 Å². The molecule has 1 amide bonds. The van der Waals surface area contributed by atoms with Crippen molar-refractivity contribution in [1.82, 2.24) is 9.38 Å². The van der Waals surface area contributed by atoms with Crippen LogP contribution in [0.25, 0.3) is 5.65 Å². The topological polar surface area (TPSA) is 72.7 Å². The first kappa shape index (κ1) is 19.6. The average molecular weight is 450 g/mol. The van der Waals surface area contributed by atoms with Gasteiger partial charge in [0.1, 0.15) is 16.3 Å². The van der Waals surface area contributed by atoms with Crippen LogP contribution < -0.4 is 5.32 Å². The van der Waals surface area contributed by atoms with Crippen molar-refractivity contribution in [2.45, 2.75) is 34.1 Å². The molecule has 0 unspecified atom stereocenters. The highest BCUT2D eigenvalue weighted by molar-refractivity contribution is 9.10. The van der Waals surface area contributed by atoms with E-state index >= 15 is 0 Å². The van der Waals surface area contributed by atoms with Crippen LogP contribution >= 0.6 is 27.3 Å². The number of hydrogen-bond donors (Lipinski definition) is 1. The second-order valence-corrected chi connectivity index (χ2v) is 8.12. The van der Waals surface area contributed by atoms with Gasteiger partial charge in [-0.2, -0.15) is 0 Å². The third-order valence-electron chi connectivity index (χ3n) is 4.11. The molecular weight excluding hydrogens is 430 g/mol. The lowest BCUT2D eigenvalue weighted by Crippen LogP contribution is -2.17. The summed E-state index contributed by atoms with van der Waals surface area (Å²) < 4.78 is 7.74. The van der Waals surface area contributed by atoms with Crippen LogP contribution in [0.3, 0.4) is 0 Å². The van der Waals surface area contributed by atoms with Crippen molar-refractivity contribution >= 4 is 49.8 Å². The Morgan fingerprint density at radius 1 is 1.30 bits per heavy atom. The number of esters is 1. The molecular formula is C19H20BrN3O3S. The molecule has 3 aromatic rings. The maximum absolute atomic E-state index is 13.0. The van der Waals surface area contributed by atoms with Crippen LogP contribution in [0.5, 0.6) is 0 Å². The van der Waals surface area contributed by atoms with Gasteiger partial charge in [-0.15, -0.1) is 11.3 Å². The molecule has 8 heteroatoms. The highest BCUT2D eigenvalue weighted by atomic mass is 79.9. The van der Waals surface area contributed by atoms with Gasteiger partial charge in [-0.25, -0.2) is 9.78 Å². The minimum Gasteiger partial charge on any atom is -0.462 e. The Labute approximate surface area is 169 Å². The van der Waals surface area contributed by atoms with Gasteiger partial charge in [0, 0.05) is 15.5 Å². The zero-order chi connectivity index (χ0) is 19.7. The lowest BCUT2D eigenvalue weighted by Gasteiger charge is -2.07. The van der Waals surface area contributed by atoms with Gasteiger partial charge >= 0.3 is 5.97 Å². The number of halogens is 1. The molecule has 0 aliphatic rings. The van der Waals surface area contributed by atoms with Gasteiger partial charge in [-0.1, -0.05) is 6.92 Å². The Morgan fingerprint density at radius 2 is 2.04 bits per heavy atom. The number of anilines is 1.